The van der Waals surface area contributed by atoms with Crippen LogP contribution < -0.4 is 5.32 Å². The number of hydrogen-bond acceptors (Lipinski definition) is 5. The van der Waals surface area contributed by atoms with E-state index in [4.69, 9.17) is 4.42 Å². The molecule has 1 saturated carbocycles. The van der Waals surface area contributed by atoms with Crippen molar-refractivity contribution in [3.8, 4) is 0 Å². The number of aryl methyl sites for hydroxylation is 1. The lowest BCUT2D eigenvalue weighted by molar-refractivity contribution is -0.136. The fraction of sp³-hybridized carbons (Fsp3) is 0.526. The predicted octanol–water partition coefficient (Wildman–Crippen LogP) is 2.71. The maximum atomic E-state index is 12.6. The van der Waals surface area contributed by atoms with E-state index in [2.05, 4.69) is 17.2 Å². The fourth-order valence-corrected chi connectivity index (χ4v) is 4.83. The maximum absolute atomic E-state index is 12.6. The third-order valence-corrected chi connectivity index (χ3v) is 6.51. The first-order valence-corrected chi connectivity index (χ1v) is 10.1. The Hall–Kier alpha value is -2.15. The Morgan fingerprint density at radius 3 is 3.08 bits per heavy atom. The van der Waals surface area contributed by atoms with Crippen LogP contribution in [-0.4, -0.2) is 34.8 Å². The fourth-order valence-electron chi connectivity index (χ4n) is 4.01. The van der Waals surface area contributed by atoms with E-state index in [9.17, 15) is 9.59 Å². The number of carbonyl (C=O) groups excluding carboxylic acids is 2. The van der Waals surface area contributed by atoms with Crippen LogP contribution in [0, 0.1) is 17.8 Å². The summed E-state index contributed by atoms with van der Waals surface area (Å²) in [6, 6.07) is 3.42. The summed E-state index contributed by atoms with van der Waals surface area (Å²) in [6.45, 7) is 3.95. The second-order valence-corrected chi connectivity index (χ2v) is 8.03. The lowest BCUT2D eigenvalue weighted by atomic mass is 9.61. The molecule has 138 valence electrons. The molecule has 3 atom stereocenters. The number of fused-ring (bicyclic) bond motifs is 1. The number of nitrogens with one attached hydrogen (secondary N) is 1. The van der Waals surface area contributed by atoms with Crippen molar-refractivity contribution in [2.45, 2.75) is 32.7 Å². The summed E-state index contributed by atoms with van der Waals surface area (Å²) in [5.41, 5.74) is 1.07. The molecule has 1 N–H and O–H groups in total. The van der Waals surface area contributed by atoms with Crippen LogP contribution in [0.4, 0.5) is 0 Å². The zero-order valence-electron chi connectivity index (χ0n) is 14.8. The average Bonchev–Trinajstić information content (AvgIpc) is 3.32. The predicted molar refractivity (Wildman–Crippen MR) is 97.7 cm³/mol. The van der Waals surface area contributed by atoms with Crippen molar-refractivity contribution in [2.24, 2.45) is 17.8 Å². The van der Waals surface area contributed by atoms with Gasteiger partial charge in [-0.1, -0.05) is 6.92 Å². The second kappa shape index (κ2) is 7.23. The van der Waals surface area contributed by atoms with Crippen LogP contribution >= 0.6 is 11.3 Å². The molecule has 2 aromatic heterocycles. The number of aromatic nitrogens is 1. The molecule has 0 radical (unpaired) electrons. The van der Waals surface area contributed by atoms with Crippen molar-refractivity contribution in [2.75, 3.05) is 13.1 Å². The van der Waals surface area contributed by atoms with E-state index < -0.39 is 0 Å². The molecule has 2 amide bonds. The summed E-state index contributed by atoms with van der Waals surface area (Å²) in [4.78, 5) is 31.4. The summed E-state index contributed by atoms with van der Waals surface area (Å²) < 4.78 is 5.23. The molecule has 4 rings (SSSR count). The number of amides is 2. The topological polar surface area (TPSA) is 75.4 Å². The third-order valence-electron chi connectivity index (χ3n) is 5.61. The molecule has 0 aromatic carbocycles. The van der Waals surface area contributed by atoms with Crippen LogP contribution in [0.25, 0.3) is 0 Å². The molecule has 0 unspecified atom stereocenters. The highest BCUT2D eigenvalue weighted by molar-refractivity contribution is 7.09. The Bertz CT molecular complexity index is 786. The first kappa shape index (κ1) is 17.3. The van der Waals surface area contributed by atoms with Gasteiger partial charge in [0.15, 0.2) is 5.76 Å². The number of rotatable bonds is 5. The number of nitrogens with zero attached hydrogens (tertiary/aromatic N) is 2. The van der Waals surface area contributed by atoms with Crippen LogP contribution in [-0.2, 0) is 17.8 Å². The van der Waals surface area contributed by atoms with Gasteiger partial charge in [0.1, 0.15) is 5.01 Å². The van der Waals surface area contributed by atoms with E-state index in [1.54, 1.807) is 23.5 Å². The lowest BCUT2D eigenvalue weighted by Crippen LogP contribution is -2.56. The minimum absolute atomic E-state index is 0.00203. The molecule has 2 aliphatic rings. The number of likely N-dealkylation sites (tertiary alicyclic amines) is 1. The van der Waals surface area contributed by atoms with Crippen molar-refractivity contribution < 1.29 is 14.0 Å². The van der Waals surface area contributed by atoms with Gasteiger partial charge in [-0.2, -0.15) is 0 Å². The summed E-state index contributed by atoms with van der Waals surface area (Å²) in [5.74, 6) is 1.20. The summed E-state index contributed by atoms with van der Waals surface area (Å²) in [7, 11) is 0. The molecule has 26 heavy (non-hydrogen) atoms. The highest BCUT2D eigenvalue weighted by Gasteiger charge is 2.48. The van der Waals surface area contributed by atoms with Crippen molar-refractivity contribution in [1.82, 2.24) is 15.2 Å². The Labute approximate surface area is 156 Å². The smallest absolute Gasteiger partial charge is 0.289 e. The molecule has 2 fully saturated rings. The van der Waals surface area contributed by atoms with Crippen molar-refractivity contribution in [1.29, 1.82) is 0 Å². The number of furan rings is 1. The van der Waals surface area contributed by atoms with Crippen LogP contribution in [0.2, 0.25) is 0 Å². The van der Waals surface area contributed by atoms with Crippen molar-refractivity contribution >= 4 is 23.2 Å². The molecule has 1 aliphatic heterocycles. The van der Waals surface area contributed by atoms with Crippen molar-refractivity contribution in [3.05, 3.63) is 40.2 Å². The monoisotopic (exact) mass is 373 g/mol. The molecule has 2 aromatic rings. The molecule has 0 bridgehead atoms. The van der Waals surface area contributed by atoms with Gasteiger partial charge in [-0.15, -0.1) is 11.3 Å². The summed E-state index contributed by atoms with van der Waals surface area (Å²) in [5, 5.41) is 6.02. The summed E-state index contributed by atoms with van der Waals surface area (Å²) >= 11 is 1.59. The maximum Gasteiger partial charge on any atom is 0.289 e. The molecule has 6 nitrogen and oxygen atoms in total. The van der Waals surface area contributed by atoms with E-state index in [0.29, 0.717) is 24.8 Å². The average molecular weight is 373 g/mol. The number of piperidine rings is 1. The molecule has 1 saturated heterocycles. The van der Waals surface area contributed by atoms with Crippen LogP contribution in [0.1, 0.15) is 41.0 Å². The molecule has 7 heteroatoms. The van der Waals surface area contributed by atoms with Gasteiger partial charge in [-0.25, -0.2) is 4.98 Å². The van der Waals surface area contributed by atoms with Gasteiger partial charge in [-0.3, -0.25) is 9.59 Å². The van der Waals surface area contributed by atoms with Crippen LogP contribution in [0.5, 0.6) is 0 Å². The van der Waals surface area contributed by atoms with E-state index >= 15 is 0 Å². The highest BCUT2D eigenvalue weighted by atomic mass is 32.1. The standard InChI is InChI=1S/C19H23N3O3S/c1-2-13-11-26-17(21-13)9-20-18(23)14-8-12-5-6-22(10-15(12)14)19(24)16-4-3-7-25-16/h3-4,7,11-12,14-15H,2,5-6,8-10H2,1H3,(H,20,23)/t12-,14-,15-/m1/s1. The van der Waals surface area contributed by atoms with Gasteiger partial charge in [0.2, 0.25) is 5.91 Å². The number of carbonyl (C=O) groups is 2. The van der Waals surface area contributed by atoms with Crippen LogP contribution in [0.15, 0.2) is 28.2 Å². The normalized spacial score (nSPS) is 24.7. The Balaban J connectivity index is 1.32. The minimum Gasteiger partial charge on any atom is -0.459 e. The first-order chi connectivity index (χ1) is 12.7. The van der Waals surface area contributed by atoms with Gasteiger partial charge in [0, 0.05) is 24.4 Å². The van der Waals surface area contributed by atoms with Gasteiger partial charge in [-0.05, 0) is 43.2 Å². The Morgan fingerprint density at radius 1 is 1.46 bits per heavy atom. The van der Waals surface area contributed by atoms with E-state index in [0.717, 1.165) is 36.5 Å². The Morgan fingerprint density at radius 2 is 2.35 bits per heavy atom. The van der Waals surface area contributed by atoms with E-state index in [-0.39, 0.29) is 23.7 Å². The van der Waals surface area contributed by atoms with Gasteiger partial charge < -0.3 is 14.6 Å². The molecular formula is C19H23N3O3S. The molecular weight excluding hydrogens is 350 g/mol. The molecule has 3 heterocycles. The largest absolute Gasteiger partial charge is 0.459 e. The first-order valence-electron chi connectivity index (χ1n) is 9.19. The molecule has 0 spiro atoms. The van der Waals surface area contributed by atoms with E-state index in [1.165, 1.54) is 6.26 Å². The van der Waals surface area contributed by atoms with Crippen LogP contribution in [0.3, 0.4) is 0 Å². The number of hydrogen-bond donors (Lipinski definition) is 1. The lowest BCUT2D eigenvalue weighted by Gasteiger charge is -2.50. The zero-order valence-corrected chi connectivity index (χ0v) is 15.6. The number of thiazole rings is 1. The second-order valence-electron chi connectivity index (χ2n) is 7.09. The van der Waals surface area contributed by atoms with Gasteiger partial charge in [0.25, 0.3) is 5.91 Å². The van der Waals surface area contributed by atoms with Gasteiger partial charge in [0.05, 0.1) is 18.5 Å². The van der Waals surface area contributed by atoms with E-state index in [1.807, 2.05) is 10.3 Å². The highest BCUT2D eigenvalue weighted by Crippen LogP contribution is 2.45. The minimum atomic E-state index is -0.0746. The van der Waals surface area contributed by atoms with Gasteiger partial charge >= 0.3 is 0 Å². The zero-order chi connectivity index (χ0) is 18.1. The summed E-state index contributed by atoms with van der Waals surface area (Å²) in [6.07, 6.45) is 4.32. The quantitative estimate of drug-likeness (QED) is 0.874. The van der Waals surface area contributed by atoms with Crippen molar-refractivity contribution in [3.63, 3.8) is 0 Å². The third kappa shape index (κ3) is 3.28. The molecule has 1 aliphatic carbocycles. The SMILES string of the molecule is CCc1csc(CNC(=O)[C@@H]2C[C@H]3CCN(C(=O)c4ccco4)C[C@H]32)n1. The Kier molecular flexibility index (Phi) is 4.80.